The molecule has 0 aliphatic heterocycles. The molecular formula is C28H34N4O6. The van der Waals surface area contributed by atoms with Crippen LogP contribution in [0.25, 0.3) is 0 Å². The largest absolute Gasteiger partial charge is 0.488 e. The predicted molar refractivity (Wildman–Crippen MR) is 142 cm³/mol. The number of methoxy groups -OCH3 is 2. The molecule has 202 valence electrons. The van der Waals surface area contributed by atoms with Crippen molar-refractivity contribution in [1.82, 2.24) is 10.2 Å². The van der Waals surface area contributed by atoms with Gasteiger partial charge in [-0.05, 0) is 74.3 Å². The van der Waals surface area contributed by atoms with Crippen LogP contribution in [0.5, 0.6) is 5.75 Å². The van der Waals surface area contributed by atoms with Gasteiger partial charge >= 0.3 is 23.8 Å². The van der Waals surface area contributed by atoms with Crippen LogP contribution in [0.1, 0.15) is 61.2 Å². The van der Waals surface area contributed by atoms with Crippen LogP contribution >= 0.6 is 0 Å². The van der Waals surface area contributed by atoms with Crippen molar-refractivity contribution in [1.29, 1.82) is 0 Å². The van der Waals surface area contributed by atoms with Crippen LogP contribution in [0, 0.1) is 5.92 Å². The first-order valence-corrected chi connectivity index (χ1v) is 12.8. The number of aromatic nitrogens is 2. The lowest BCUT2D eigenvalue weighted by Crippen LogP contribution is -2.17. The molecule has 2 N–H and O–H groups in total. The molecule has 1 aliphatic rings. The topological polar surface area (TPSA) is 125 Å². The third-order valence-corrected chi connectivity index (χ3v) is 6.61. The first-order valence-electron chi connectivity index (χ1n) is 12.8. The summed E-state index contributed by atoms with van der Waals surface area (Å²) in [6.45, 7) is 2.39. The van der Waals surface area contributed by atoms with E-state index in [0.717, 1.165) is 25.7 Å². The van der Waals surface area contributed by atoms with Crippen molar-refractivity contribution >= 4 is 29.3 Å². The summed E-state index contributed by atoms with van der Waals surface area (Å²) in [5, 5.41) is 13.6. The molecule has 1 heterocycles. The van der Waals surface area contributed by atoms with Gasteiger partial charge < -0.3 is 29.3 Å². The maximum absolute atomic E-state index is 12.6. The number of anilines is 3. The fourth-order valence-corrected chi connectivity index (χ4v) is 4.68. The summed E-state index contributed by atoms with van der Waals surface area (Å²) < 4.78 is 21.2. The van der Waals surface area contributed by atoms with Crippen LogP contribution in [-0.4, -0.2) is 49.0 Å². The molecule has 3 aromatic rings. The lowest BCUT2D eigenvalue weighted by Gasteiger charge is -2.28. The van der Waals surface area contributed by atoms with E-state index in [1.54, 1.807) is 13.2 Å². The fourth-order valence-electron chi connectivity index (χ4n) is 4.68. The second kappa shape index (κ2) is 13.0. The van der Waals surface area contributed by atoms with Gasteiger partial charge in [-0.2, -0.15) is 0 Å². The molecule has 10 nitrogen and oxygen atoms in total. The van der Waals surface area contributed by atoms with Gasteiger partial charge in [0.1, 0.15) is 11.9 Å². The molecule has 0 saturated heterocycles. The Bertz CT molecular complexity index is 1200. The highest BCUT2D eigenvalue weighted by Crippen LogP contribution is 2.37. The van der Waals surface area contributed by atoms with Crippen LogP contribution in [0.4, 0.5) is 17.4 Å². The molecule has 2 aromatic carbocycles. The van der Waals surface area contributed by atoms with E-state index in [9.17, 15) is 9.59 Å². The molecule has 1 fully saturated rings. The fraction of sp³-hybridized carbons (Fsp3) is 0.429. The average Bonchev–Trinajstić information content (AvgIpc) is 3.38. The van der Waals surface area contributed by atoms with Crippen molar-refractivity contribution < 1.29 is 28.2 Å². The Morgan fingerprint density at radius 1 is 1.03 bits per heavy atom. The van der Waals surface area contributed by atoms with Gasteiger partial charge in [0.15, 0.2) is 0 Å². The van der Waals surface area contributed by atoms with E-state index in [1.807, 2.05) is 49.4 Å². The molecule has 0 unspecified atom stereocenters. The van der Waals surface area contributed by atoms with Gasteiger partial charge in [-0.1, -0.05) is 23.3 Å². The Labute approximate surface area is 222 Å². The Kier molecular flexibility index (Phi) is 9.31. The minimum atomic E-state index is -0.493. The minimum absolute atomic E-state index is 0.0930. The smallest absolute Gasteiger partial charge is 0.320 e. The molecule has 10 heteroatoms. The highest BCUT2D eigenvalue weighted by Gasteiger charge is 2.24. The molecule has 1 aromatic heterocycles. The number of amides is 1. The van der Waals surface area contributed by atoms with Gasteiger partial charge in [0, 0.05) is 31.0 Å². The maximum Gasteiger partial charge on any atom is 0.320 e. The second-order valence-corrected chi connectivity index (χ2v) is 9.52. The van der Waals surface area contributed by atoms with E-state index in [0.29, 0.717) is 42.0 Å². The Balaban J connectivity index is 1.28. The number of benzene rings is 2. The zero-order valence-corrected chi connectivity index (χ0v) is 21.9. The lowest BCUT2D eigenvalue weighted by atomic mass is 9.77. The van der Waals surface area contributed by atoms with Crippen molar-refractivity contribution in [2.75, 3.05) is 31.5 Å². The summed E-state index contributed by atoms with van der Waals surface area (Å²) in [4.78, 5) is 24.2. The predicted octanol–water partition coefficient (Wildman–Crippen LogP) is 5.32. The zero-order chi connectivity index (χ0) is 26.9. The van der Waals surface area contributed by atoms with Gasteiger partial charge in [0.25, 0.3) is 0 Å². The third kappa shape index (κ3) is 7.55. The number of nitrogens with zero attached hydrogens (tertiary/aromatic N) is 2. The van der Waals surface area contributed by atoms with E-state index < -0.39 is 5.91 Å². The Morgan fingerprint density at radius 3 is 2.50 bits per heavy atom. The molecule has 38 heavy (non-hydrogen) atoms. The Hall–Kier alpha value is -3.92. The van der Waals surface area contributed by atoms with Crippen molar-refractivity contribution in [2.45, 2.75) is 51.0 Å². The zero-order valence-electron chi connectivity index (χ0n) is 21.9. The summed E-state index contributed by atoms with van der Waals surface area (Å²) in [6, 6.07) is 15.2. The minimum Gasteiger partial charge on any atom is -0.488 e. The third-order valence-electron chi connectivity index (χ3n) is 6.61. The van der Waals surface area contributed by atoms with Crippen LogP contribution in [0.2, 0.25) is 0 Å². The van der Waals surface area contributed by atoms with Crippen LogP contribution in [0.15, 0.2) is 52.9 Å². The number of carbonyl (C=O) groups is 2. The molecule has 0 bridgehead atoms. The van der Waals surface area contributed by atoms with Crippen molar-refractivity contribution in [3.05, 3.63) is 60.0 Å². The molecule has 1 aliphatic carbocycles. The molecule has 0 radical (unpaired) electrons. The normalized spacial score (nSPS) is 17.9. The monoisotopic (exact) mass is 522 g/mol. The number of rotatable bonds is 11. The first kappa shape index (κ1) is 27.1. The summed E-state index contributed by atoms with van der Waals surface area (Å²) >= 11 is 0. The van der Waals surface area contributed by atoms with Crippen LogP contribution in [-0.2, 0) is 14.3 Å². The van der Waals surface area contributed by atoms with Crippen molar-refractivity contribution in [2.24, 2.45) is 5.92 Å². The number of hydrogen-bond donors (Lipinski definition) is 2. The summed E-state index contributed by atoms with van der Waals surface area (Å²) in [6.07, 6.45) is 4.48. The van der Waals surface area contributed by atoms with Gasteiger partial charge in [-0.15, -0.1) is 5.10 Å². The highest BCUT2D eigenvalue weighted by molar-refractivity contribution is 6.00. The molecule has 1 saturated carbocycles. The van der Waals surface area contributed by atoms with Crippen LogP contribution < -0.4 is 15.4 Å². The van der Waals surface area contributed by atoms with Gasteiger partial charge in [0.05, 0.1) is 13.7 Å². The SMILES string of the molecule is COC[C@@H](C)Oc1cccc(Nc2nnc(C(=O)Nc3ccc(C4CCC(CC(=O)OC)CC4)cc3)o2)c1. The van der Waals surface area contributed by atoms with Gasteiger partial charge in [-0.3, -0.25) is 9.59 Å². The highest BCUT2D eigenvalue weighted by atomic mass is 16.5. The molecule has 1 atom stereocenters. The van der Waals surface area contributed by atoms with E-state index >= 15 is 0 Å². The van der Waals surface area contributed by atoms with E-state index in [-0.39, 0.29) is 24.0 Å². The van der Waals surface area contributed by atoms with Gasteiger partial charge in [-0.25, -0.2) is 0 Å². The Morgan fingerprint density at radius 2 is 1.79 bits per heavy atom. The van der Waals surface area contributed by atoms with E-state index in [4.69, 9.17) is 18.6 Å². The molecule has 1 amide bonds. The van der Waals surface area contributed by atoms with E-state index in [2.05, 4.69) is 20.8 Å². The molecule has 0 spiro atoms. The summed E-state index contributed by atoms with van der Waals surface area (Å²) in [7, 11) is 3.06. The summed E-state index contributed by atoms with van der Waals surface area (Å²) in [5.41, 5.74) is 2.55. The number of esters is 1. The number of carbonyl (C=O) groups excluding carboxylic acids is 2. The molecule has 4 rings (SSSR count). The second-order valence-electron chi connectivity index (χ2n) is 9.52. The van der Waals surface area contributed by atoms with Crippen molar-refractivity contribution in [3.63, 3.8) is 0 Å². The lowest BCUT2D eigenvalue weighted by molar-refractivity contribution is -0.142. The maximum atomic E-state index is 12.6. The van der Waals surface area contributed by atoms with E-state index in [1.165, 1.54) is 12.7 Å². The van der Waals surface area contributed by atoms with Crippen molar-refractivity contribution in [3.8, 4) is 5.75 Å². The average molecular weight is 523 g/mol. The first-order chi connectivity index (χ1) is 18.4. The number of ether oxygens (including phenoxy) is 3. The van der Waals surface area contributed by atoms with Crippen LogP contribution in [0.3, 0.4) is 0 Å². The quantitative estimate of drug-likeness (QED) is 0.322. The summed E-state index contributed by atoms with van der Waals surface area (Å²) in [5.74, 6) is 0.728. The van der Waals surface area contributed by atoms with Gasteiger partial charge in [0.2, 0.25) is 0 Å². The number of nitrogens with one attached hydrogen (secondary N) is 2. The standard InChI is InChI=1S/C28H34N4O6/c1-18(17-35-2)37-24-6-4-5-23(16-24)30-28-32-31-27(38-28)26(34)29-22-13-11-21(12-14-22)20-9-7-19(8-10-20)15-25(33)36-3/h4-6,11-14,16,18-20H,7-10,15,17H2,1-3H3,(H,29,34)(H,30,32)/t18-,19?,20?/m1/s1. The molecular weight excluding hydrogens is 488 g/mol. The number of hydrogen-bond acceptors (Lipinski definition) is 9.